The summed E-state index contributed by atoms with van der Waals surface area (Å²) in [5.41, 5.74) is 0. The van der Waals surface area contributed by atoms with Gasteiger partial charge in [-0.25, -0.2) is 0 Å². The van der Waals surface area contributed by atoms with Gasteiger partial charge in [0, 0.05) is 17.9 Å². The minimum Gasteiger partial charge on any atom is -0.296 e. The first-order valence-corrected chi connectivity index (χ1v) is 6.48. The van der Waals surface area contributed by atoms with Gasteiger partial charge in [-0.05, 0) is 12.8 Å². The van der Waals surface area contributed by atoms with E-state index >= 15 is 0 Å². The van der Waals surface area contributed by atoms with Gasteiger partial charge in [0.2, 0.25) is 5.91 Å². The Bertz CT molecular complexity index is 201. The molecule has 0 saturated heterocycles. The van der Waals surface area contributed by atoms with Gasteiger partial charge in [0.1, 0.15) is 0 Å². The van der Waals surface area contributed by atoms with E-state index in [1.54, 1.807) is 0 Å². The first-order chi connectivity index (χ1) is 6.49. The molecule has 1 aliphatic carbocycles. The number of nitrogens with one attached hydrogen (secondary N) is 1. The molecule has 0 radical (unpaired) electrons. The van der Waals surface area contributed by atoms with Gasteiger partial charge in [-0.3, -0.25) is 9.52 Å². The highest BCUT2D eigenvalue weighted by atomic mass is 35.6. The summed E-state index contributed by atoms with van der Waals surface area (Å²) in [6, 6.07) is 0. The third kappa shape index (κ3) is 4.96. The van der Waals surface area contributed by atoms with Gasteiger partial charge in [0.15, 0.2) is 0 Å². The first-order valence-electron chi connectivity index (χ1n) is 4.53. The Morgan fingerprint density at radius 2 is 1.79 bits per heavy atom. The van der Waals surface area contributed by atoms with Gasteiger partial charge in [0.05, 0.1) is 0 Å². The number of amides is 1. The summed E-state index contributed by atoms with van der Waals surface area (Å²) in [6.45, 7) is 0. The minimum absolute atomic E-state index is 0.0129. The molecular formula is C8H12Cl3NOS. The van der Waals surface area contributed by atoms with Gasteiger partial charge in [-0.2, -0.15) is 0 Å². The topological polar surface area (TPSA) is 29.1 Å². The molecule has 14 heavy (non-hydrogen) atoms. The van der Waals surface area contributed by atoms with Crippen LogP contribution in [0.4, 0.5) is 0 Å². The summed E-state index contributed by atoms with van der Waals surface area (Å²) in [5, 5.41) is 0. The zero-order valence-corrected chi connectivity index (χ0v) is 10.6. The zero-order valence-electron chi connectivity index (χ0n) is 7.56. The molecule has 0 unspecified atom stereocenters. The third-order valence-corrected chi connectivity index (χ3v) is 3.47. The van der Waals surface area contributed by atoms with Gasteiger partial charge in [-0.15, -0.1) is 0 Å². The summed E-state index contributed by atoms with van der Waals surface area (Å²) >= 11 is 17.3. The van der Waals surface area contributed by atoms with Crippen LogP contribution in [-0.2, 0) is 4.79 Å². The maximum Gasteiger partial charge on any atom is 0.256 e. The predicted octanol–water partition coefficient (Wildman–Crippen LogP) is 3.66. The van der Waals surface area contributed by atoms with Crippen molar-refractivity contribution in [3.8, 4) is 0 Å². The molecular weight excluding hydrogens is 265 g/mol. The van der Waals surface area contributed by atoms with Gasteiger partial charge in [-0.1, -0.05) is 54.1 Å². The average Bonchev–Trinajstić information content (AvgIpc) is 2.14. The highest BCUT2D eigenvalue weighted by molar-refractivity contribution is 8.03. The van der Waals surface area contributed by atoms with Crippen LogP contribution in [0, 0.1) is 5.92 Å². The maximum atomic E-state index is 11.5. The van der Waals surface area contributed by atoms with Gasteiger partial charge >= 0.3 is 0 Å². The number of hydrogen-bond acceptors (Lipinski definition) is 2. The van der Waals surface area contributed by atoms with Crippen LogP contribution in [0.25, 0.3) is 0 Å². The molecule has 2 nitrogen and oxygen atoms in total. The highest BCUT2D eigenvalue weighted by Crippen LogP contribution is 2.37. The van der Waals surface area contributed by atoms with Crippen molar-refractivity contribution in [2.24, 2.45) is 5.92 Å². The SMILES string of the molecule is O=C(NSC(Cl)(Cl)Cl)C1CCCCC1. The van der Waals surface area contributed by atoms with Crippen molar-refractivity contribution in [3.63, 3.8) is 0 Å². The summed E-state index contributed by atoms with van der Waals surface area (Å²) in [5.74, 6) is 0.0876. The highest BCUT2D eigenvalue weighted by Gasteiger charge is 2.26. The lowest BCUT2D eigenvalue weighted by molar-refractivity contribution is -0.123. The molecule has 1 aliphatic rings. The molecule has 1 saturated carbocycles. The first kappa shape index (κ1) is 12.8. The maximum absolute atomic E-state index is 11.5. The summed E-state index contributed by atoms with van der Waals surface area (Å²) in [7, 11) is 0. The molecule has 0 heterocycles. The smallest absolute Gasteiger partial charge is 0.256 e. The normalized spacial score (nSPS) is 19.4. The Kier molecular flexibility index (Phi) is 5.18. The largest absolute Gasteiger partial charge is 0.296 e. The molecule has 0 spiro atoms. The Morgan fingerprint density at radius 3 is 2.29 bits per heavy atom. The van der Waals surface area contributed by atoms with E-state index in [4.69, 9.17) is 34.8 Å². The van der Waals surface area contributed by atoms with Crippen molar-refractivity contribution >= 4 is 52.7 Å². The van der Waals surface area contributed by atoms with Crippen molar-refractivity contribution in [3.05, 3.63) is 0 Å². The van der Waals surface area contributed by atoms with Crippen LogP contribution in [0.1, 0.15) is 32.1 Å². The molecule has 1 N–H and O–H groups in total. The van der Waals surface area contributed by atoms with Crippen LogP contribution in [0.3, 0.4) is 0 Å². The second-order valence-electron chi connectivity index (χ2n) is 3.35. The van der Waals surface area contributed by atoms with Crippen LogP contribution in [0.15, 0.2) is 0 Å². The molecule has 0 aromatic heterocycles. The fraction of sp³-hybridized carbons (Fsp3) is 0.875. The lowest BCUT2D eigenvalue weighted by atomic mass is 9.89. The van der Waals surface area contributed by atoms with Crippen LogP contribution >= 0.6 is 46.8 Å². The molecule has 1 rings (SSSR count). The number of alkyl halides is 3. The molecule has 0 atom stereocenters. The van der Waals surface area contributed by atoms with Crippen molar-refractivity contribution in [1.82, 2.24) is 4.72 Å². The van der Waals surface area contributed by atoms with Crippen molar-refractivity contribution in [1.29, 1.82) is 0 Å². The lowest BCUT2D eigenvalue weighted by Crippen LogP contribution is -2.29. The number of carbonyl (C=O) groups is 1. The van der Waals surface area contributed by atoms with Crippen molar-refractivity contribution < 1.29 is 4.79 Å². The van der Waals surface area contributed by atoms with E-state index in [0.29, 0.717) is 0 Å². The van der Waals surface area contributed by atoms with E-state index in [1.807, 2.05) is 0 Å². The summed E-state index contributed by atoms with van der Waals surface area (Å²) < 4.78 is 1.11. The Morgan fingerprint density at radius 1 is 1.21 bits per heavy atom. The van der Waals surface area contributed by atoms with E-state index in [9.17, 15) is 4.79 Å². The Hall–Kier alpha value is 0.690. The number of hydrogen-bond donors (Lipinski definition) is 1. The third-order valence-electron chi connectivity index (χ3n) is 2.24. The fourth-order valence-electron chi connectivity index (χ4n) is 1.56. The van der Waals surface area contributed by atoms with Crippen LogP contribution in [0.5, 0.6) is 0 Å². The molecule has 1 amide bonds. The Balaban J connectivity index is 2.27. The van der Waals surface area contributed by atoms with Crippen LogP contribution in [0.2, 0.25) is 0 Å². The Labute approximate surface area is 103 Å². The second kappa shape index (κ2) is 5.69. The van der Waals surface area contributed by atoms with E-state index in [-0.39, 0.29) is 11.8 Å². The standard InChI is InChI=1S/C8H12Cl3NOS/c9-8(10,11)14-12-7(13)6-4-2-1-3-5-6/h6H,1-5H2,(H,12,13). The fourth-order valence-corrected chi connectivity index (χ4v) is 2.29. The molecule has 82 valence electrons. The molecule has 1 fully saturated rings. The van der Waals surface area contributed by atoms with Crippen molar-refractivity contribution in [2.45, 2.75) is 35.2 Å². The average molecular weight is 277 g/mol. The van der Waals surface area contributed by atoms with E-state index in [0.717, 1.165) is 37.6 Å². The van der Waals surface area contributed by atoms with Crippen LogP contribution in [-0.4, -0.2) is 9.03 Å². The quantitative estimate of drug-likeness (QED) is 0.616. The minimum atomic E-state index is -1.47. The van der Waals surface area contributed by atoms with Crippen LogP contribution < -0.4 is 4.72 Å². The monoisotopic (exact) mass is 275 g/mol. The molecule has 0 aliphatic heterocycles. The molecule has 6 heteroatoms. The molecule has 0 bridgehead atoms. The van der Waals surface area contributed by atoms with Gasteiger partial charge in [0.25, 0.3) is 3.12 Å². The predicted molar refractivity (Wildman–Crippen MR) is 62.6 cm³/mol. The molecule has 0 aromatic carbocycles. The number of rotatable bonds is 2. The van der Waals surface area contributed by atoms with E-state index in [2.05, 4.69) is 4.72 Å². The molecule has 0 aromatic rings. The van der Waals surface area contributed by atoms with Gasteiger partial charge < -0.3 is 0 Å². The van der Waals surface area contributed by atoms with Crippen molar-refractivity contribution in [2.75, 3.05) is 0 Å². The van der Waals surface area contributed by atoms with E-state index < -0.39 is 3.12 Å². The summed E-state index contributed by atoms with van der Waals surface area (Å²) in [4.78, 5) is 11.5. The second-order valence-corrected chi connectivity index (χ2v) is 7.32. The lowest BCUT2D eigenvalue weighted by Gasteiger charge is -2.21. The van der Waals surface area contributed by atoms with E-state index in [1.165, 1.54) is 6.42 Å². The summed E-state index contributed by atoms with van der Waals surface area (Å²) in [6.07, 6.45) is 5.37. The zero-order chi connectivity index (χ0) is 10.6. The number of carbonyl (C=O) groups excluding carboxylic acids is 1. The number of halogens is 3.